The maximum Gasteiger partial charge on any atom is 0.248 e. The van der Waals surface area contributed by atoms with E-state index in [1.165, 1.54) is 5.56 Å². The first-order valence-corrected chi connectivity index (χ1v) is 7.89. The van der Waals surface area contributed by atoms with E-state index in [9.17, 15) is 4.79 Å². The van der Waals surface area contributed by atoms with E-state index in [2.05, 4.69) is 35.3 Å². The molecule has 2 aromatic rings. The zero-order valence-corrected chi connectivity index (χ0v) is 12.3. The number of amides is 1. The fraction of sp³-hybridized carbons (Fsp3) is 0.176. The molecule has 0 radical (unpaired) electrons. The Labute approximate surface area is 127 Å². The minimum absolute atomic E-state index is 0.0855. The smallest absolute Gasteiger partial charge is 0.248 e. The molecule has 0 unspecified atom stereocenters. The van der Waals surface area contributed by atoms with Gasteiger partial charge < -0.3 is 4.90 Å². The summed E-state index contributed by atoms with van der Waals surface area (Å²) in [6.07, 6.45) is 2.97. The second kappa shape index (κ2) is 4.97. The number of hydrogen-bond donors (Lipinski definition) is 0. The highest BCUT2D eigenvalue weighted by atomic mass is 32.1. The molecule has 1 aromatic carbocycles. The van der Waals surface area contributed by atoms with Gasteiger partial charge in [-0.05, 0) is 29.5 Å². The SMILES string of the molecule is O=C1CN=C(c2cccs2)C=C2c3ccccc3CCN12. The summed E-state index contributed by atoms with van der Waals surface area (Å²) in [7, 11) is 0. The summed E-state index contributed by atoms with van der Waals surface area (Å²) in [6.45, 7) is 0.977. The first-order valence-electron chi connectivity index (χ1n) is 7.01. The third-order valence-corrected chi connectivity index (χ3v) is 4.81. The van der Waals surface area contributed by atoms with Gasteiger partial charge in [-0.3, -0.25) is 9.79 Å². The second-order valence-electron chi connectivity index (χ2n) is 5.16. The van der Waals surface area contributed by atoms with Gasteiger partial charge in [0.25, 0.3) is 0 Å². The van der Waals surface area contributed by atoms with Gasteiger partial charge in [0.2, 0.25) is 5.91 Å². The van der Waals surface area contributed by atoms with Crippen LogP contribution in [-0.4, -0.2) is 29.6 Å². The van der Waals surface area contributed by atoms with Gasteiger partial charge in [-0.15, -0.1) is 11.3 Å². The van der Waals surface area contributed by atoms with Crippen LogP contribution in [0, 0.1) is 0 Å². The van der Waals surface area contributed by atoms with Crippen molar-refractivity contribution in [3.05, 3.63) is 63.9 Å². The molecule has 0 bridgehead atoms. The molecule has 4 rings (SSSR count). The van der Waals surface area contributed by atoms with E-state index in [0.29, 0.717) is 0 Å². The fourth-order valence-corrected chi connectivity index (χ4v) is 3.59. The highest BCUT2D eigenvalue weighted by Gasteiger charge is 2.27. The molecular weight excluding hydrogens is 280 g/mol. The molecule has 3 heterocycles. The number of thiophene rings is 1. The molecule has 2 aliphatic rings. The van der Waals surface area contributed by atoms with Gasteiger partial charge in [-0.25, -0.2) is 0 Å². The topological polar surface area (TPSA) is 32.7 Å². The molecule has 2 aliphatic heterocycles. The Balaban J connectivity index is 1.88. The van der Waals surface area contributed by atoms with Crippen molar-refractivity contribution in [2.75, 3.05) is 13.1 Å². The average molecular weight is 294 g/mol. The van der Waals surface area contributed by atoms with Gasteiger partial charge in [-0.1, -0.05) is 30.3 Å². The minimum Gasteiger partial charge on any atom is -0.310 e. The summed E-state index contributed by atoms with van der Waals surface area (Å²) in [5.74, 6) is 0.0855. The maximum atomic E-state index is 12.4. The number of carbonyl (C=O) groups excluding carboxylic acids is 1. The number of nitrogens with zero attached hydrogens (tertiary/aromatic N) is 2. The van der Waals surface area contributed by atoms with Crippen molar-refractivity contribution in [3.8, 4) is 0 Å². The van der Waals surface area contributed by atoms with E-state index in [-0.39, 0.29) is 12.5 Å². The largest absolute Gasteiger partial charge is 0.310 e. The summed E-state index contributed by atoms with van der Waals surface area (Å²) in [5, 5.41) is 2.04. The van der Waals surface area contributed by atoms with Crippen LogP contribution in [0.1, 0.15) is 16.0 Å². The van der Waals surface area contributed by atoms with Crippen molar-refractivity contribution < 1.29 is 4.79 Å². The van der Waals surface area contributed by atoms with E-state index in [1.54, 1.807) is 11.3 Å². The molecule has 21 heavy (non-hydrogen) atoms. The van der Waals surface area contributed by atoms with E-state index in [0.717, 1.165) is 34.8 Å². The van der Waals surface area contributed by atoms with Crippen LogP contribution in [-0.2, 0) is 11.2 Å². The Kier molecular flexibility index (Phi) is 2.97. The number of carbonyl (C=O) groups is 1. The van der Waals surface area contributed by atoms with Gasteiger partial charge in [0.15, 0.2) is 0 Å². The van der Waals surface area contributed by atoms with Crippen LogP contribution in [0.15, 0.2) is 52.8 Å². The Hall–Kier alpha value is -2.20. The molecule has 0 atom stereocenters. The van der Waals surface area contributed by atoms with Gasteiger partial charge in [0, 0.05) is 12.1 Å². The van der Waals surface area contributed by atoms with E-state index in [4.69, 9.17) is 0 Å². The van der Waals surface area contributed by atoms with Crippen LogP contribution in [0.5, 0.6) is 0 Å². The fourth-order valence-electron chi connectivity index (χ4n) is 2.89. The Bertz CT molecular complexity index is 759. The van der Waals surface area contributed by atoms with Crippen LogP contribution >= 0.6 is 11.3 Å². The molecular formula is C17H14N2OS. The van der Waals surface area contributed by atoms with Crippen molar-refractivity contribution in [2.45, 2.75) is 6.42 Å². The summed E-state index contributed by atoms with van der Waals surface area (Å²) in [4.78, 5) is 19.9. The average Bonchev–Trinajstić information content (AvgIpc) is 2.99. The standard InChI is InChI=1S/C17H14N2OS/c20-17-11-18-14(16-6-3-9-21-16)10-15-13-5-2-1-4-12(13)7-8-19(15)17/h1-6,9-10H,7-8,11H2. The predicted molar refractivity (Wildman–Crippen MR) is 85.6 cm³/mol. The maximum absolute atomic E-state index is 12.4. The van der Waals surface area contributed by atoms with E-state index >= 15 is 0 Å². The molecule has 4 heteroatoms. The summed E-state index contributed by atoms with van der Waals surface area (Å²) < 4.78 is 0. The lowest BCUT2D eigenvalue weighted by Gasteiger charge is -2.30. The first kappa shape index (κ1) is 12.5. The molecule has 1 aromatic heterocycles. The monoisotopic (exact) mass is 294 g/mol. The van der Waals surface area contributed by atoms with Crippen molar-refractivity contribution in [2.24, 2.45) is 4.99 Å². The lowest BCUT2D eigenvalue weighted by Crippen LogP contribution is -2.35. The highest BCUT2D eigenvalue weighted by molar-refractivity contribution is 7.12. The van der Waals surface area contributed by atoms with Crippen LogP contribution in [0.2, 0.25) is 0 Å². The molecule has 0 spiro atoms. The minimum atomic E-state index is 0.0855. The van der Waals surface area contributed by atoms with Gasteiger partial charge >= 0.3 is 0 Å². The van der Waals surface area contributed by atoms with Crippen LogP contribution in [0.4, 0.5) is 0 Å². The third kappa shape index (κ3) is 2.12. The Morgan fingerprint density at radius 3 is 2.90 bits per heavy atom. The first-order chi connectivity index (χ1) is 10.3. The summed E-state index contributed by atoms with van der Waals surface area (Å²) in [6, 6.07) is 12.4. The number of fused-ring (bicyclic) bond motifs is 3. The van der Waals surface area contributed by atoms with Crippen LogP contribution in [0.25, 0.3) is 5.70 Å². The zero-order chi connectivity index (χ0) is 14.2. The van der Waals surface area contributed by atoms with Gasteiger partial charge in [0.05, 0.1) is 16.3 Å². The lowest BCUT2D eigenvalue weighted by atomic mass is 9.95. The molecule has 0 fully saturated rings. The number of rotatable bonds is 1. The molecule has 3 nitrogen and oxygen atoms in total. The van der Waals surface area contributed by atoms with Gasteiger partial charge in [-0.2, -0.15) is 0 Å². The number of hydrogen-bond acceptors (Lipinski definition) is 3. The van der Waals surface area contributed by atoms with Crippen molar-refractivity contribution >= 4 is 28.7 Å². The Morgan fingerprint density at radius 1 is 1.14 bits per heavy atom. The van der Waals surface area contributed by atoms with E-state index in [1.807, 2.05) is 22.4 Å². The van der Waals surface area contributed by atoms with Crippen LogP contribution < -0.4 is 0 Å². The Morgan fingerprint density at radius 2 is 2.05 bits per heavy atom. The second-order valence-corrected chi connectivity index (χ2v) is 6.11. The molecule has 0 N–H and O–H groups in total. The van der Waals surface area contributed by atoms with Crippen molar-refractivity contribution in [1.82, 2.24) is 4.90 Å². The van der Waals surface area contributed by atoms with Crippen LogP contribution in [0.3, 0.4) is 0 Å². The highest BCUT2D eigenvalue weighted by Crippen LogP contribution is 2.31. The molecule has 1 amide bonds. The number of benzene rings is 1. The normalized spacial score (nSPS) is 17.5. The molecule has 104 valence electrons. The summed E-state index contributed by atoms with van der Waals surface area (Å²) >= 11 is 1.66. The van der Waals surface area contributed by atoms with Crippen molar-refractivity contribution in [1.29, 1.82) is 0 Å². The summed E-state index contributed by atoms with van der Waals surface area (Å²) in [5.41, 5.74) is 4.36. The molecule has 0 saturated carbocycles. The predicted octanol–water partition coefficient (Wildman–Crippen LogP) is 2.98. The zero-order valence-electron chi connectivity index (χ0n) is 11.5. The lowest BCUT2D eigenvalue weighted by molar-refractivity contribution is -0.126. The number of aliphatic imine (C=N–C) groups is 1. The number of allylic oxidation sites excluding steroid dienone is 1. The molecule has 0 saturated heterocycles. The molecule has 0 aliphatic carbocycles. The third-order valence-electron chi connectivity index (χ3n) is 3.92. The van der Waals surface area contributed by atoms with Crippen molar-refractivity contribution in [3.63, 3.8) is 0 Å². The van der Waals surface area contributed by atoms with E-state index < -0.39 is 0 Å². The van der Waals surface area contributed by atoms with Gasteiger partial charge in [0.1, 0.15) is 6.54 Å². The quantitative estimate of drug-likeness (QED) is 0.796.